The van der Waals surface area contributed by atoms with Gasteiger partial charge in [-0.15, -0.1) is 0 Å². The predicted molar refractivity (Wildman–Crippen MR) is 54.9 cm³/mol. The highest BCUT2D eigenvalue weighted by molar-refractivity contribution is 5.03. The van der Waals surface area contributed by atoms with E-state index in [2.05, 4.69) is 24.0 Å². The van der Waals surface area contributed by atoms with E-state index in [1.54, 1.807) is 0 Å². The number of hydrogen-bond donors (Lipinski definition) is 0. The Bertz CT molecular complexity index is 304. The van der Waals surface area contributed by atoms with E-state index in [1.807, 2.05) is 13.0 Å². The monoisotopic (exact) mass is 194 g/mol. The normalized spacial score (nSPS) is 18.9. The summed E-state index contributed by atoms with van der Waals surface area (Å²) in [7, 11) is 2.16. The fourth-order valence-electron chi connectivity index (χ4n) is 1.83. The zero-order valence-corrected chi connectivity index (χ0v) is 9.16. The third-order valence-corrected chi connectivity index (χ3v) is 3.09. The van der Waals surface area contributed by atoms with Crippen LogP contribution in [0.2, 0.25) is 0 Å². The van der Waals surface area contributed by atoms with Gasteiger partial charge >= 0.3 is 0 Å². The molecule has 0 spiro atoms. The van der Waals surface area contributed by atoms with Crippen molar-refractivity contribution in [3.63, 3.8) is 0 Å². The molecule has 0 saturated heterocycles. The lowest BCUT2D eigenvalue weighted by Gasteiger charge is -2.23. The summed E-state index contributed by atoms with van der Waals surface area (Å²) in [5, 5.41) is 4.00. The first kappa shape index (κ1) is 9.71. The largest absolute Gasteiger partial charge is 0.361 e. The maximum atomic E-state index is 5.04. The molecule has 78 valence electrons. The smallest absolute Gasteiger partial charge is 0.133 e. The zero-order chi connectivity index (χ0) is 10.1. The fourth-order valence-corrected chi connectivity index (χ4v) is 1.83. The average molecular weight is 194 g/mol. The minimum absolute atomic E-state index is 0.673. The third kappa shape index (κ3) is 2.15. The van der Waals surface area contributed by atoms with Crippen molar-refractivity contribution < 1.29 is 4.52 Å². The first-order valence-corrected chi connectivity index (χ1v) is 5.29. The van der Waals surface area contributed by atoms with Gasteiger partial charge in [0.1, 0.15) is 5.76 Å². The first-order chi connectivity index (χ1) is 6.66. The summed E-state index contributed by atoms with van der Waals surface area (Å²) >= 11 is 0. The molecule has 1 aliphatic carbocycles. The molecule has 0 aliphatic heterocycles. The van der Waals surface area contributed by atoms with Gasteiger partial charge in [0.15, 0.2) is 0 Å². The lowest BCUT2D eigenvalue weighted by molar-refractivity contribution is 0.220. The minimum Gasteiger partial charge on any atom is -0.361 e. The van der Waals surface area contributed by atoms with Crippen molar-refractivity contribution in [2.45, 2.75) is 39.3 Å². The average Bonchev–Trinajstić information content (AvgIpc) is 2.91. The molecule has 0 amide bonds. The van der Waals surface area contributed by atoms with Crippen molar-refractivity contribution in [2.24, 2.45) is 5.92 Å². The number of rotatable bonds is 4. The van der Waals surface area contributed by atoms with E-state index in [1.165, 1.54) is 12.8 Å². The summed E-state index contributed by atoms with van der Waals surface area (Å²) < 4.78 is 5.04. The van der Waals surface area contributed by atoms with Gasteiger partial charge in [0.2, 0.25) is 0 Å². The Morgan fingerprint density at radius 1 is 1.64 bits per heavy atom. The van der Waals surface area contributed by atoms with E-state index in [0.29, 0.717) is 6.04 Å². The van der Waals surface area contributed by atoms with E-state index in [9.17, 15) is 0 Å². The van der Waals surface area contributed by atoms with Crippen LogP contribution in [0.15, 0.2) is 10.6 Å². The molecule has 14 heavy (non-hydrogen) atoms. The van der Waals surface area contributed by atoms with Crippen molar-refractivity contribution in [3.8, 4) is 0 Å². The Labute approximate surface area is 85.1 Å². The molecular weight excluding hydrogens is 176 g/mol. The number of hydrogen-bond acceptors (Lipinski definition) is 3. The van der Waals surface area contributed by atoms with E-state index in [-0.39, 0.29) is 0 Å². The molecule has 1 heterocycles. The number of aromatic nitrogens is 1. The van der Waals surface area contributed by atoms with Crippen molar-refractivity contribution in [2.75, 3.05) is 7.05 Å². The molecule has 2 rings (SSSR count). The third-order valence-electron chi connectivity index (χ3n) is 3.09. The Morgan fingerprint density at radius 2 is 2.36 bits per heavy atom. The topological polar surface area (TPSA) is 29.3 Å². The van der Waals surface area contributed by atoms with E-state index < -0.39 is 0 Å². The zero-order valence-electron chi connectivity index (χ0n) is 9.16. The Balaban J connectivity index is 1.89. The molecule has 0 radical (unpaired) electrons. The molecule has 3 nitrogen and oxygen atoms in total. The molecule has 1 aliphatic rings. The van der Waals surface area contributed by atoms with Gasteiger partial charge in [-0.25, -0.2) is 0 Å². The molecule has 0 aromatic carbocycles. The van der Waals surface area contributed by atoms with Crippen molar-refractivity contribution in [3.05, 3.63) is 17.5 Å². The maximum Gasteiger partial charge on any atom is 0.133 e. The van der Waals surface area contributed by atoms with E-state index in [0.717, 1.165) is 23.9 Å². The molecule has 1 aromatic rings. The molecule has 1 saturated carbocycles. The second-order valence-corrected chi connectivity index (χ2v) is 4.42. The van der Waals surface area contributed by atoms with Crippen LogP contribution in [0.5, 0.6) is 0 Å². The van der Waals surface area contributed by atoms with Crippen molar-refractivity contribution in [1.82, 2.24) is 10.1 Å². The number of nitrogens with zero attached hydrogens (tertiary/aromatic N) is 2. The van der Waals surface area contributed by atoms with Crippen molar-refractivity contribution in [1.29, 1.82) is 0 Å². The lowest BCUT2D eigenvalue weighted by atomic mass is 10.2. The molecule has 3 heteroatoms. The summed E-state index contributed by atoms with van der Waals surface area (Å²) in [5.74, 6) is 1.81. The highest BCUT2D eigenvalue weighted by Gasteiger charge is 2.30. The van der Waals surface area contributed by atoms with Crippen LogP contribution in [-0.4, -0.2) is 23.1 Å². The van der Waals surface area contributed by atoms with Gasteiger partial charge in [-0.3, -0.25) is 4.90 Å². The maximum absolute atomic E-state index is 5.04. The molecule has 0 bridgehead atoms. The Kier molecular flexibility index (Phi) is 2.59. The van der Waals surface area contributed by atoms with Crippen LogP contribution >= 0.6 is 0 Å². The lowest BCUT2D eigenvalue weighted by Crippen LogP contribution is -2.30. The predicted octanol–water partition coefficient (Wildman–Crippen LogP) is 2.21. The fraction of sp³-hybridized carbons (Fsp3) is 0.727. The molecular formula is C11H18N2O. The quantitative estimate of drug-likeness (QED) is 0.736. The Hall–Kier alpha value is -0.830. The standard InChI is InChI=1S/C11H18N2O/c1-8-6-11(12-14-8)7-13(3)9(2)10-4-5-10/h6,9-10H,4-5,7H2,1-3H3. The van der Waals surface area contributed by atoms with Crippen LogP contribution < -0.4 is 0 Å². The van der Waals surface area contributed by atoms with Crippen LogP contribution in [-0.2, 0) is 6.54 Å². The Morgan fingerprint density at radius 3 is 2.86 bits per heavy atom. The summed E-state index contributed by atoms with van der Waals surface area (Å²) in [5.41, 5.74) is 1.04. The van der Waals surface area contributed by atoms with Gasteiger partial charge in [0.05, 0.1) is 5.69 Å². The van der Waals surface area contributed by atoms with Gasteiger partial charge in [-0.1, -0.05) is 5.16 Å². The minimum atomic E-state index is 0.673. The van der Waals surface area contributed by atoms with Gasteiger partial charge in [0.25, 0.3) is 0 Å². The second-order valence-electron chi connectivity index (χ2n) is 4.42. The molecule has 0 N–H and O–H groups in total. The summed E-state index contributed by atoms with van der Waals surface area (Å²) in [6.45, 7) is 5.13. The van der Waals surface area contributed by atoms with E-state index in [4.69, 9.17) is 4.52 Å². The van der Waals surface area contributed by atoms with Gasteiger partial charge in [-0.2, -0.15) is 0 Å². The van der Waals surface area contributed by atoms with Crippen LogP contribution in [0.1, 0.15) is 31.2 Å². The first-order valence-electron chi connectivity index (χ1n) is 5.29. The molecule has 1 fully saturated rings. The van der Waals surface area contributed by atoms with Gasteiger partial charge in [-0.05, 0) is 39.7 Å². The van der Waals surface area contributed by atoms with Crippen LogP contribution in [0.25, 0.3) is 0 Å². The van der Waals surface area contributed by atoms with Crippen molar-refractivity contribution >= 4 is 0 Å². The van der Waals surface area contributed by atoms with Crippen LogP contribution in [0.4, 0.5) is 0 Å². The van der Waals surface area contributed by atoms with Crippen LogP contribution in [0, 0.1) is 12.8 Å². The van der Waals surface area contributed by atoms with E-state index >= 15 is 0 Å². The SMILES string of the molecule is Cc1cc(CN(C)C(C)C2CC2)no1. The van der Waals surface area contributed by atoms with Gasteiger partial charge in [0, 0.05) is 18.7 Å². The molecule has 1 aromatic heterocycles. The molecule has 1 unspecified atom stereocenters. The summed E-state index contributed by atoms with van der Waals surface area (Å²) in [4.78, 5) is 2.36. The van der Waals surface area contributed by atoms with Crippen LogP contribution in [0.3, 0.4) is 0 Å². The second kappa shape index (κ2) is 3.73. The number of aryl methyl sites for hydroxylation is 1. The summed E-state index contributed by atoms with van der Waals surface area (Å²) in [6.07, 6.45) is 2.78. The highest BCUT2D eigenvalue weighted by Crippen LogP contribution is 2.34. The highest BCUT2D eigenvalue weighted by atomic mass is 16.5. The molecule has 1 atom stereocenters. The summed E-state index contributed by atoms with van der Waals surface area (Å²) in [6, 6.07) is 2.68. The van der Waals surface area contributed by atoms with Gasteiger partial charge < -0.3 is 4.52 Å².